The Morgan fingerprint density at radius 3 is 2.45 bits per heavy atom. The third-order valence-corrected chi connectivity index (χ3v) is 2.93. The Hall–Kier alpha value is -1.36. The van der Waals surface area contributed by atoms with E-state index in [0.29, 0.717) is 6.42 Å². The monoisotopic (exact) mass is 286 g/mol. The summed E-state index contributed by atoms with van der Waals surface area (Å²) in [6.45, 7) is 5.07. The van der Waals surface area contributed by atoms with E-state index in [4.69, 9.17) is 14.9 Å². The molecule has 2 atom stereocenters. The second kappa shape index (κ2) is 11.5. The minimum absolute atomic E-state index is 0.0890. The van der Waals surface area contributed by atoms with Crippen LogP contribution in [-0.4, -0.2) is 34.9 Å². The van der Waals surface area contributed by atoms with Crippen LogP contribution in [0, 0.1) is 5.92 Å². The third kappa shape index (κ3) is 10.6. The minimum Gasteiger partial charge on any atom is -0.481 e. The summed E-state index contributed by atoms with van der Waals surface area (Å²) in [6.07, 6.45) is 6.31. The first kappa shape index (κ1) is 18.6. The number of carboxylic acid groups (broad SMARTS) is 1. The molecule has 0 aromatic heterocycles. The Kier molecular flexibility index (Phi) is 10.7. The van der Waals surface area contributed by atoms with Crippen molar-refractivity contribution in [3.8, 4) is 0 Å². The predicted molar refractivity (Wildman–Crippen MR) is 76.3 cm³/mol. The van der Waals surface area contributed by atoms with E-state index >= 15 is 0 Å². The molecular weight excluding hydrogens is 260 g/mol. The fourth-order valence-corrected chi connectivity index (χ4v) is 1.87. The normalized spacial score (nSPS) is 13.5. The average Bonchev–Trinajstić information content (AvgIpc) is 2.38. The Morgan fingerprint density at radius 1 is 1.25 bits per heavy atom. The molecule has 5 nitrogen and oxygen atoms in total. The van der Waals surface area contributed by atoms with Crippen LogP contribution in [0.5, 0.6) is 0 Å². The topological polar surface area (TPSA) is 83.8 Å². The summed E-state index contributed by atoms with van der Waals surface area (Å²) in [5.74, 6) is -2.15. The fraction of sp³-hybridized carbons (Fsp3) is 0.733. The molecule has 0 amide bonds. The zero-order valence-corrected chi connectivity index (χ0v) is 12.2. The summed E-state index contributed by atoms with van der Waals surface area (Å²) in [5, 5.41) is 17.9. The standard InChI is InChI=1S/C15H26O5/c1-3-4-5-6-7-8-9-13(10-14(17)18)15(19)20-11-12(2)16/h3,12-13,16H,1,4-11H2,2H3,(H,17,18). The molecule has 0 rings (SSSR count). The first-order valence-electron chi connectivity index (χ1n) is 7.14. The van der Waals surface area contributed by atoms with Gasteiger partial charge < -0.3 is 14.9 Å². The summed E-state index contributed by atoms with van der Waals surface area (Å²) in [4.78, 5) is 22.5. The van der Waals surface area contributed by atoms with Gasteiger partial charge in [0.2, 0.25) is 0 Å². The highest BCUT2D eigenvalue weighted by atomic mass is 16.5. The molecule has 0 aliphatic heterocycles. The zero-order chi connectivity index (χ0) is 15.4. The van der Waals surface area contributed by atoms with Crippen molar-refractivity contribution in [2.75, 3.05) is 6.61 Å². The highest BCUT2D eigenvalue weighted by Crippen LogP contribution is 2.17. The molecule has 0 bridgehead atoms. The minimum atomic E-state index is -1.00. The molecule has 0 heterocycles. The molecule has 0 aromatic rings. The number of esters is 1. The van der Waals surface area contributed by atoms with Crippen molar-refractivity contribution in [3.63, 3.8) is 0 Å². The Labute approximate surface area is 120 Å². The van der Waals surface area contributed by atoms with Crippen LogP contribution in [0.3, 0.4) is 0 Å². The van der Waals surface area contributed by atoms with Gasteiger partial charge in [0.25, 0.3) is 0 Å². The molecule has 2 unspecified atom stereocenters. The number of aliphatic carboxylic acids is 1. The molecule has 2 N–H and O–H groups in total. The lowest BCUT2D eigenvalue weighted by atomic mass is 9.97. The molecule has 0 aromatic carbocycles. The van der Waals surface area contributed by atoms with Crippen LogP contribution >= 0.6 is 0 Å². The predicted octanol–water partition coefficient (Wildman–Crippen LogP) is 2.53. The highest BCUT2D eigenvalue weighted by molar-refractivity contribution is 5.79. The van der Waals surface area contributed by atoms with E-state index in [1.807, 2.05) is 6.08 Å². The van der Waals surface area contributed by atoms with Gasteiger partial charge in [-0.2, -0.15) is 0 Å². The van der Waals surface area contributed by atoms with Crippen LogP contribution in [-0.2, 0) is 14.3 Å². The molecule has 0 fully saturated rings. The van der Waals surface area contributed by atoms with Gasteiger partial charge in [0.05, 0.1) is 18.4 Å². The first-order chi connectivity index (χ1) is 9.47. The third-order valence-electron chi connectivity index (χ3n) is 2.93. The van der Waals surface area contributed by atoms with Gasteiger partial charge in [0.15, 0.2) is 0 Å². The smallest absolute Gasteiger partial charge is 0.309 e. The number of aliphatic hydroxyl groups excluding tert-OH is 1. The van der Waals surface area contributed by atoms with Crippen LogP contribution in [0.4, 0.5) is 0 Å². The summed E-state index contributed by atoms with van der Waals surface area (Å²) in [7, 11) is 0. The van der Waals surface area contributed by atoms with Gasteiger partial charge in [-0.25, -0.2) is 0 Å². The number of hydrogen-bond donors (Lipinski definition) is 2. The molecular formula is C15H26O5. The Balaban J connectivity index is 4.04. The van der Waals surface area contributed by atoms with Gasteiger partial charge >= 0.3 is 11.9 Å². The number of allylic oxidation sites excluding steroid dienone is 1. The van der Waals surface area contributed by atoms with Gasteiger partial charge in [-0.05, 0) is 26.2 Å². The number of ether oxygens (including phenoxy) is 1. The van der Waals surface area contributed by atoms with E-state index in [-0.39, 0.29) is 13.0 Å². The van der Waals surface area contributed by atoms with Gasteiger partial charge in [0, 0.05) is 0 Å². The zero-order valence-electron chi connectivity index (χ0n) is 12.2. The lowest BCUT2D eigenvalue weighted by Gasteiger charge is -2.15. The molecule has 5 heteroatoms. The van der Waals surface area contributed by atoms with Gasteiger partial charge in [-0.15, -0.1) is 6.58 Å². The number of carbonyl (C=O) groups excluding carboxylic acids is 1. The highest BCUT2D eigenvalue weighted by Gasteiger charge is 2.23. The Morgan fingerprint density at radius 2 is 1.90 bits per heavy atom. The van der Waals surface area contributed by atoms with E-state index in [9.17, 15) is 9.59 Å². The van der Waals surface area contributed by atoms with Crippen molar-refractivity contribution < 1.29 is 24.5 Å². The summed E-state index contributed by atoms with van der Waals surface area (Å²) >= 11 is 0. The fourth-order valence-electron chi connectivity index (χ4n) is 1.87. The maximum Gasteiger partial charge on any atom is 0.309 e. The quantitative estimate of drug-likeness (QED) is 0.327. The molecule has 0 saturated carbocycles. The first-order valence-corrected chi connectivity index (χ1v) is 7.14. The number of hydrogen-bond acceptors (Lipinski definition) is 4. The molecule has 20 heavy (non-hydrogen) atoms. The largest absolute Gasteiger partial charge is 0.481 e. The van der Waals surface area contributed by atoms with Gasteiger partial charge in [0.1, 0.15) is 6.61 Å². The summed E-state index contributed by atoms with van der Waals surface area (Å²) < 4.78 is 4.90. The van der Waals surface area contributed by atoms with Crippen molar-refractivity contribution in [1.82, 2.24) is 0 Å². The molecule has 0 radical (unpaired) electrons. The van der Waals surface area contributed by atoms with E-state index in [0.717, 1.165) is 32.1 Å². The Bertz CT molecular complexity index is 299. The van der Waals surface area contributed by atoms with Crippen LogP contribution in [0.1, 0.15) is 51.9 Å². The van der Waals surface area contributed by atoms with Crippen LogP contribution < -0.4 is 0 Å². The van der Waals surface area contributed by atoms with Gasteiger partial charge in [-0.1, -0.05) is 25.3 Å². The number of rotatable bonds is 12. The van der Waals surface area contributed by atoms with E-state index in [1.54, 1.807) is 0 Å². The number of aliphatic hydroxyl groups is 1. The lowest BCUT2D eigenvalue weighted by Crippen LogP contribution is -2.24. The second-order valence-electron chi connectivity index (χ2n) is 5.05. The maximum absolute atomic E-state index is 11.7. The number of carbonyl (C=O) groups is 2. The molecule has 116 valence electrons. The van der Waals surface area contributed by atoms with Crippen LogP contribution in [0.25, 0.3) is 0 Å². The number of unbranched alkanes of at least 4 members (excludes halogenated alkanes) is 4. The molecule has 0 spiro atoms. The van der Waals surface area contributed by atoms with Crippen molar-refractivity contribution in [3.05, 3.63) is 12.7 Å². The summed E-state index contributed by atoms with van der Waals surface area (Å²) in [5.41, 5.74) is 0. The SMILES string of the molecule is C=CCCCCCCC(CC(=O)O)C(=O)OCC(C)O. The van der Waals surface area contributed by atoms with E-state index in [2.05, 4.69) is 6.58 Å². The maximum atomic E-state index is 11.7. The van der Waals surface area contributed by atoms with E-state index in [1.165, 1.54) is 6.92 Å². The average molecular weight is 286 g/mol. The molecule has 0 saturated heterocycles. The number of carboxylic acids is 1. The van der Waals surface area contributed by atoms with Crippen molar-refractivity contribution >= 4 is 11.9 Å². The molecule has 0 aliphatic rings. The lowest BCUT2D eigenvalue weighted by molar-refractivity contribution is -0.155. The van der Waals surface area contributed by atoms with E-state index < -0.39 is 24.0 Å². The van der Waals surface area contributed by atoms with Crippen LogP contribution in [0.2, 0.25) is 0 Å². The van der Waals surface area contributed by atoms with Crippen molar-refractivity contribution in [1.29, 1.82) is 0 Å². The molecule has 0 aliphatic carbocycles. The second-order valence-corrected chi connectivity index (χ2v) is 5.05. The van der Waals surface area contributed by atoms with Crippen LogP contribution in [0.15, 0.2) is 12.7 Å². The summed E-state index contributed by atoms with van der Waals surface area (Å²) in [6, 6.07) is 0. The van der Waals surface area contributed by atoms with Crippen molar-refractivity contribution in [2.45, 2.75) is 58.0 Å². The van der Waals surface area contributed by atoms with Crippen molar-refractivity contribution in [2.24, 2.45) is 5.92 Å². The van der Waals surface area contributed by atoms with Gasteiger partial charge in [-0.3, -0.25) is 9.59 Å².